The first-order chi connectivity index (χ1) is 17.7. The third kappa shape index (κ3) is 9.03. The number of rotatable bonds is 12. The van der Waals surface area contributed by atoms with Gasteiger partial charge in [0.15, 0.2) is 0 Å². The van der Waals surface area contributed by atoms with Crippen LogP contribution in [0.15, 0.2) is 60.7 Å². The maximum Gasteiger partial charge on any atom is 0.330 e. The van der Waals surface area contributed by atoms with Crippen molar-refractivity contribution in [2.75, 3.05) is 19.9 Å². The van der Waals surface area contributed by atoms with Crippen LogP contribution in [0.5, 0.6) is 0 Å². The molecule has 3 rings (SSSR count). The zero-order valence-electron chi connectivity index (χ0n) is 21.1. The summed E-state index contributed by atoms with van der Waals surface area (Å²) in [4.78, 5) is 34.0. The minimum Gasteiger partial charge on any atom is -0.463 e. The van der Waals surface area contributed by atoms with Crippen molar-refractivity contribution in [2.24, 2.45) is 0 Å². The summed E-state index contributed by atoms with van der Waals surface area (Å²) in [6, 6.07) is 18.0. The smallest absolute Gasteiger partial charge is 0.330 e. The number of hydrogen-bond donors (Lipinski definition) is 2. The van der Waals surface area contributed by atoms with E-state index in [0.717, 1.165) is 18.2 Å². The highest BCUT2D eigenvalue weighted by molar-refractivity contribution is 7.52. The first kappa shape index (κ1) is 29.0. The molecule has 0 aliphatic carbocycles. The Labute approximate surface area is 216 Å². The van der Waals surface area contributed by atoms with Gasteiger partial charge in [-0.25, -0.2) is 0 Å². The summed E-state index contributed by atoms with van der Waals surface area (Å²) in [7, 11) is -2.93. The number of amides is 1. The molecule has 1 heterocycles. The van der Waals surface area contributed by atoms with Gasteiger partial charge in [0.25, 0.3) is 0 Å². The first-order valence-electron chi connectivity index (χ1n) is 11.9. The molecule has 6 atom stereocenters. The van der Waals surface area contributed by atoms with Gasteiger partial charge in [-0.15, -0.1) is 0 Å². The van der Waals surface area contributed by atoms with Gasteiger partial charge in [0.05, 0.1) is 31.5 Å². The van der Waals surface area contributed by atoms with Crippen LogP contribution < -0.4 is 5.32 Å². The van der Waals surface area contributed by atoms with E-state index in [9.17, 15) is 19.0 Å². The maximum absolute atomic E-state index is 12.5. The summed E-state index contributed by atoms with van der Waals surface area (Å²) in [5, 5.41) is 2.81. The fourth-order valence-electron chi connectivity index (χ4n) is 4.15. The van der Waals surface area contributed by atoms with Crippen LogP contribution in [0.25, 0.3) is 0 Å². The summed E-state index contributed by atoms with van der Waals surface area (Å²) < 4.78 is 41.3. The number of benzene rings is 2. The number of carbonyl (C=O) groups is 2. The molecule has 10 nitrogen and oxygen atoms in total. The molecule has 1 saturated heterocycles. The van der Waals surface area contributed by atoms with Crippen LogP contribution in [0.4, 0.5) is 0 Å². The summed E-state index contributed by atoms with van der Waals surface area (Å²) in [6.07, 6.45) is -3.86. The molecule has 1 aliphatic heterocycles. The predicted molar refractivity (Wildman–Crippen MR) is 135 cm³/mol. The number of hydrogen-bond acceptors (Lipinski definition) is 8. The van der Waals surface area contributed by atoms with E-state index in [1.165, 1.54) is 13.8 Å². The van der Waals surface area contributed by atoms with Gasteiger partial charge in [-0.1, -0.05) is 60.7 Å². The highest BCUT2D eigenvalue weighted by Gasteiger charge is 2.50. The third-order valence-electron chi connectivity index (χ3n) is 5.88. The van der Waals surface area contributed by atoms with E-state index >= 15 is 0 Å². The Morgan fingerprint density at radius 2 is 1.46 bits per heavy atom. The van der Waals surface area contributed by atoms with Gasteiger partial charge >= 0.3 is 13.6 Å². The molecule has 0 bridgehead atoms. The van der Waals surface area contributed by atoms with Crippen molar-refractivity contribution in [3.63, 3.8) is 0 Å². The molecule has 202 valence electrons. The van der Waals surface area contributed by atoms with Crippen molar-refractivity contribution < 1.29 is 42.5 Å². The number of carbonyl (C=O) groups excluding carboxylic acids is 2. The van der Waals surface area contributed by atoms with Gasteiger partial charge in [0.1, 0.15) is 24.9 Å². The second-order valence-electron chi connectivity index (χ2n) is 8.77. The number of esters is 1. The van der Waals surface area contributed by atoms with Crippen molar-refractivity contribution >= 4 is 19.5 Å². The lowest BCUT2D eigenvalue weighted by atomic mass is 9.92. The summed E-state index contributed by atoms with van der Waals surface area (Å²) in [5.41, 5.74) is 1.78. The molecular weight excluding hydrogens is 501 g/mol. The van der Waals surface area contributed by atoms with Crippen LogP contribution in [0.3, 0.4) is 0 Å². The van der Waals surface area contributed by atoms with Crippen molar-refractivity contribution in [3.05, 3.63) is 71.8 Å². The Morgan fingerprint density at radius 3 is 1.95 bits per heavy atom. The van der Waals surface area contributed by atoms with E-state index in [4.69, 9.17) is 23.5 Å². The van der Waals surface area contributed by atoms with Crippen molar-refractivity contribution in [3.8, 4) is 0 Å². The van der Waals surface area contributed by atoms with E-state index in [1.807, 2.05) is 60.7 Å². The van der Waals surface area contributed by atoms with Gasteiger partial charge < -0.3 is 33.7 Å². The Bertz CT molecular complexity index is 1050. The van der Waals surface area contributed by atoms with E-state index < -0.39 is 50.2 Å². The second kappa shape index (κ2) is 13.8. The van der Waals surface area contributed by atoms with E-state index in [-0.39, 0.29) is 25.7 Å². The third-order valence-corrected chi connectivity index (χ3v) is 7.27. The SMILES string of the molecule is COP(=O)(O)C[C@@H]1OC(COC(C)=O)[C@H](OCc2ccccc2)[C@H](OCc2ccccc2)C1NC(C)=O. The molecule has 1 fully saturated rings. The van der Waals surface area contributed by atoms with E-state index in [1.54, 1.807) is 0 Å². The Morgan fingerprint density at radius 1 is 0.919 bits per heavy atom. The zero-order chi connectivity index (χ0) is 26.8. The molecule has 2 aromatic carbocycles. The molecule has 37 heavy (non-hydrogen) atoms. The molecule has 0 saturated carbocycles. The number of ether oxygens (including phenoxy) is 4. The van der Waals surface area contributed by atoms with Crippen molar-refractivity contribution in [1.82, 2.24) is 5.32 Å². The quantitative estimate of drug-likeness (QED) is 0.311. The van der Waals surface area contributed by atoms with Gasteiger partial charge in [-0.05, 0) is 11.1 Å². The Balaban J connectivity index is 1.96. The average Bonchev–Trinajstić information content (AvgIpc) is 2.87. The van der Waals surface area contributed by atoms with Gasteiger partial charge in [-0.3, -0.25) is 14.2 Å². The summed E-state index contributed by atoms with van der Waals surface area (Å²) in [5.74, 6) is -0.894. The molecule has 1 aliphatic rings. The monoisotopic (exact) mass is 535 g/mol. The van der Waals surface area contributed by atoms with Crippen molar-refractivity contribution in [2.45, 2.75) is 57.5 Å². The van der Waals surface area contributed by atoms with Gasteiger partial charge in [0, 0.05) is 21.0 Å². The molecule has 2 N–H and O–H groups in total. The van der Waals surface area contributed by atoms with Gasteiger partial charge in [0.2, 0.25) is 5.91 Å². The first-order valence-corrected chi connectivity index (χ1v) is 13.7. The molecule has 3 unspecified atom stereocenters. The molecule has 2 aromatic rings. The Hall–Kier alpha value is -2.59. The minimum absolute atomic E-state index is 0.175. The second-order valence-corrected chi connectivity index (χ2v) is 10.8. The van der Waals surface area contributed by atoms with Crippen LogP contribution in [-0.2, 0) is 50.8 Å². The standard InChI is InChI=1S/C26H34NO9P/c1-18(28)27-24-23(17-37(30,31)32-3)36-22(16-33-19(2)29)25(34-14-20-10-6-4-7-11-20)26(24)35-15-21-12-8-5-9-13-21/h4-13,22-26H,14-17H2,1-3H3,(H,27,28)(H,30,31)/t22?,23-,24?,25-,26+/m0/s1. The maximum atomic E-state index is 12.5. The molecule has 0 aromatic heterocycles. The largest absolute Gasteiger partial charge is 0.463 e. The van der Waals surface area contributed by atoms with E-state index in [0.29, 0.717) is 0 Å². The minimum atomic E-state index is -4.05. The lowest BCUT2D eigenvalue weighted by molar-refractivity contribution is -0.227. The molecule has 0 spiro atoms. The molecule has 0 radical (unpaired) electrons. The molecule has 11 heteroatoms. The normalized spacial score (nSPS) is 25.1. The van der Waals surface area contributed by atoms with Crippen LogP contribution in [-0.4, -0.2) is 67.1 Å². The average molecular weight is 536 g/mol. The molecular formula is C26H34NO9P. The lowest BCUT2D eigenvalue weighted by Gasteiger charge is -2.46. The number of nitrogens with one attached hydrogen (secondary N) is 1. The Kier molecular flexibility index (Phi) is 10.8. The summed E-state index contributed by atoms with van der Waals surface area (Å²) in [6.45, 7) is 2.82. The predicted octanol–water partition coefficient (Wildman–Crippen LogP) is 2.82. The van der Waals surface area contributed by atoms with Crippen LogP contribution in [0.2, 0.25) is 0 Å². The topological polar surface area (TPSA) is 130 Å². The van der Waals surface area contributed by atoms with Crippen LogP contribution in [0.1, 0.15) is 25.0 Å². The highest BCUT2D eigenvalue weighted by atomic mass is 31.2. The lowest BCUT2D eigenvalue weighted by Crippen LogP contribution is -2.66. The fourth-order valence-corrected chi connectivity index (χ4v) is 5.07. The highest BCUT2D eigenvalue weighted by Crippen LogP contribution is 2.44. The summed E-state index contributed by atoms with van der Waals surface area (Å²) >= 11 is 0. The van der Waals surface area contributed by atoms with Crippen LogP contribution >= 0.6 is 7.60 Å². The van der Waals surface area contributed by atoms with E-state index in [2.05, 4.69) is 5.32 Å². The fraction of sp³-hybridized carbons (Fsp3) is 0.462. The molecule has 1 amide bonds. The van der Waals surface area contributed by atoms with Crippen LogP contribution in [0, 0.1) is 0 Å². The zero-order valence-corrected chi connectivity index (χ0v) is 22.0. The van der Waals surface area contributed by atoms with Gasteiger partial charge in [-0.2, -0.15) is 0 Å². The van der Waals surface area contributed by atoms with Crippen molar-refractivity contribution in [1.29, 1.82) is 0 Å².